The molecule has 0 saturated heterocycles. The van der Waals surface area contributed by atoms with Crippen molar-refractivity contribution in [2.75, 3.05) is 16.8 Å². The van der Waals surface area contributed by atoms with Crippen LogP contribution in [0.25, 0.3) is 38.9 Å². The van der Waals surface area contributed by atoms with Gasteiger partial charge in [0.2, 0.25) is 0 Å². The summed E-state index contributed by atoms with van der Waals surface area (Å²) in [6.45, 7) is 8.69. The molecule has 0 spiro atoms. The van der Waals surface area contributed by atoms with Gasteiger partial charge in [-0.2, -0.15) is 30.6 Å². The van der Waals surface area contributed by atoms with Gasteiger partial charge in [-0.05, 0) is 77.1 Å². The number of ether oxygens (including phenoxy) is 1. The Balaban J connectivity index is 0.00000351. The van der Waals surface area contributed by atoms with E-state index in [2.05, 4.69) is 107 Å². The van der Waals surface area contributed by atoms with E-state index in [0.29, 0.717) is 11.6 Å². The zero-order chi connectivity index (χ0) is 31.4. The average molecular weight is 795 g/mol. The fraction of sp³-hybridized carbons (Fsp3) is 0.128. The molecular weight excluding hydrogens is 764 g/mol. The zero-order valence-corrected chi connectivity index (χ0v) is 28.6. The molecule has 0 fully saturated rings. The summed E-state index contributed by atoms with van der Waals surface area (Å²) in [5, 5.41) is 2.20. The fourth-order valence-corrected chi connectivity index (χ4v) is 6.03. The van der Waals surface area contributed by atoms with Gasteiger partial charge in [0.05, 0.1) is 0 Å². The summed E-state index contributed by atoms with van der Waals surface area (Å²) in [6.07, 6.45) is 5.41. The maximum atomic E-state index is 6.50. The summed E-state index contributed by atoms with van der Waals surface area (Å²) < 4.78 is 8.66. The molecule has 5 heterocycles. The molecule has 0 N–H and O–H groups in total. The van der Waals surface area contributed by atoms with Crippen LogP contribution in [-0.2, 0) is 26.5 Å². The number of para-hydroxylation sites is 3. The molecule has 0 radical (unpaired) electrons. The van der Waals surface area contributed by atoms with Gasteiger partial charge in [-0.1, -0.05) is 56.6 Å². The van der Waals surface area contributed by atoms with Gasteiger partial charge in [-0.3, -0.25) is 9.97 Å². The number of hydrogen-bond donors (Lipinski definition) is 0. The van der Waals surface area contributed by atoms with Crippen molar-refractivity contribution < 1.29 is 25.8 Å². The van der Waals surface area contributed by atoms with Crippen LogP contribution in [0.3, 0.4) is 0 Å². The summed E-state index contributed by atoms with van der Waals surface area (Å²) in [5.41, 5.74) is 7.79. The van der Waals surface area contributed by atoms with Crippen LogP contribution in [0.5, 0.6) is 11.6 Å². The van der Waals surface area contributed by atoms with Crippen molar-refractivity contribution in [3.63, 3.8) is 0 Å². The molecule has 7 nitrogen and oxygen atoms in total. The number of pyridine rings is 3. The van der Waals surface area contributed by atoms with Crippen LogP contribution in [0.1, 0.15) is 26.3 Å². The maximum Gasteiger partial charge on any atom is 0.135 e. The van der Waals surface area contributed by atoms with Gasteiger partial charge in [-0.25, -0.2) is 4.98 Å². The fourth-order valence-electron chi connectivity index (χ4n) is 6.03. The first kappa shape index (κ1) is 30.6. The second-order valence-corrected chi connectivity index (χ2v) is 12.5. The number of fused-ring (bicyclic) bond motifs is 4. The molecule has 8 rings (SSSR count). The minimum atomic E-state index is -0.0183. The van der Waals surface area contributed by atoms with Crippen LogP contribution >= 0.6 is 0 Å². The monoisotopic (exact) mass is 794 g/mol. The number of aromatic nitrogens is 4. The largest absolute Gasteiger partial charge is 0.504 e. The molecular formula is C39H31N6OPt-3. The van der Waals surface area contributed by atoms with Crippen molar-refractivity contribution in [1.29, 1.82) is 0 Å². The predicted molar refractivity (Wildman–Crippen MR) is 184 cm³/mol. The minimum Gasteiger partial charge on any atom is -0.504 e. The van der Waals surface area contributed by atoms with Crippen molar-refractivity contribution in [1.82, 2.24) is 19.5 Å². The van der Waals surface area contributed by atoms with Gasteiger partial charge in [0.1, 0.15) is 11.7 Å². The van der Waals surface area contributed by atoms with Gasteiger partial charge in [0.25, 0.3) is 0 Å². The van der Waals surface area contributed by atoms with Crippen LogP contribution < -0.4 is 14.5 Å². The number of hydrogen-bond acceptors (Lipinski definition) is 6. The normalized spacial score (nSPS) is 12.8. The van der Waals surface area contributed by atoms with Crippen molar-refractivity contribution in [3.8, 4) is 28.7 Å². The Morgan fingerprint density at radius 2 is 1.55 bits per heavy atom. The number of benzene rings is 3. The van der Waals surface area contributed by atoms with E-state index in [9.17, 15) is 0 Å². The van der Waals surface area contributed by atoms with E-state index in [1.165, 1.54) is 5.56 Å². The molecule has 4 aromatic heterocycles. The van der Waals surface area contributed by atoms with E-state index in [-0.39, 0.29) is 26.5 Å². The van der Waals surface area contributed by atoms with Crippen molar-refractivity contribution in [2.24, 2.45) is 0 Å². The third-order valence-electron chi connectivity index (χ3n) is 8.38. The van der Waals surface area contributed by atoms with Crippen LogP contribution in [0.4, 0.5) is 17.1 Å². The maximum absolute atomic E-state index is 6.50. The molecule has 0 unspecified atom stereocenters. The number of anilines is 3. The third-order valence-corrected chi connectivity index (χ3v) is 8.38. The second-order valence-electron chi connectivity index (χ2n) is 12.5. The van der Waals surface area contributed by atoms with E-state index in [1.54, 1.807) is 12.4 Å². The topological polar surface area (TPSA) is 59.3 Å². The minimum absolute atomic E-state index is 0. The Kier molecular flexibility index (Phi) is 7.81. The first-order chi connectivity index (χ1) is 22.3. The van der Waals surface area contributed by atoms with Gasteiger partial charge in [0, 0.05) is 62.3 Å². The zero-order valence-electron chi connectivity index (χ0n) is 26.4. The molecule has 236 valence electrons. The van der Waals surface area contributed by atoms with Crippen molar-refractivity contribution >= 4 is 38.9 Å². The molecule has 1 aliphatic heterocycles. The molecule has 47 heavy (non-hydrogen) atoms. The molecule has 8 heteroatoms. The summed E-state index contributed by atoms with van der Waals surface area (Å²) in [7, 11) is 2.04. The van der Waals surface area contributed by atoms with Crippen LogP contribution in [0.15, 0.2) is 110 Å². The molecule has 0 amide bonds. The molecule has 3 aromatic carbocycles. The Morgan fingerprint density at radius 3 is 2.36 bits per heavy atom. The average Bonchev–Trinajstić information content (AvgIpc) is 3.59. The summed E-state index contributed by atoms with van der Waals surface area (Å²) in [4.78, 5) is 18.1. The van der Waals surface area contributed by atoms with E-state index < -0.39 is 0 Å². The van der Waals surface area contributed by atoms with Crippen LogP contribution in [0.2, 0.25) is 0 Å². The van der Waals surface area contributed by atoms with Crippen LogP contribution in [-0.4, -0.2) is 26.6 Å². The Morgan fingerprint density at radius 1 is 0.787 bits per heavy atom. The molecule has 0 atom stereocenters. The molecule has 0 aliphatic carbocycles. The van der Waals surface area contributed by atoms with Gasteiger partial charge in [-0.15, -0.1) is 17.5 Å². The summed E-state index contributed by atoms with van der Waals surface area (Å²) in [6, 6.07) is 37.8. The Labute approximate surface area is 288 Å². The van der Waals surface area contributed by atoms with Gasteiger partial charge < -0.3 is 19.1 Å². The van der Waals surface area contributed by atoms with Crippen molar-refractivity contribution in [2.45, 2.75) is 26.2 Å². The van der Waals surface area contributed by atoms with Gasteiger partial charge >= 0.3 is 0 Å². The van der Waals surface area contributed by atoms with E-state index in [0.717, 1.165) is 55.9 Å². The SMILES string of the molecule is CN1[CH-]N(c2[c-]c(Oc3[c-]c4c(cc3)c3ccccc3n4-c3cc(C(C)(C)C)ccn3)nc(-c3ccncc3)c2)c2ccccc21.[Pt]. The first-order valence-corrected chi connectivity index (χ1v) is 15.2. The second kappa shape index (κ2) is 12.0. The van der Waals surface area contributed by atoms with E-state index in [1.807, 2.05) is 56.3 Å². The molecule has 0 bridgehead atoms. The summed E-state index contributed by atoms with van der Waals surface area (Å²) in [5.74, 6) is 1.72. The van der Waals surface area contributed by atoms with Crippen LogP contribution in [0, 0.1) is 18.8 Å². The molecule has 7 aromatic rings. The number of nitrogens with zero attached hydrogens (tertiary/aromatic N) is 6. The molecule has 1 aliphatic rings. The van der Waals surface area contributed by atoms with Crippen molar-refractivity contribution in [3.05, 3.63) is 134 Å². The standard InChI is InChI=1S/C39H31N6O.Pt/c1-39(2,3)27-17-20-41-37(21-27)45-33-10-6-5-9-30(33)31-14-13-29(24-36(31)45)46-38-23-28(22-32(42-38)26-15-18-40-19-16-26)44-25-43(4)34-11-7-8-12-35(34)44;/h5-22,25H,1-4H3;/q-3;. The van der Waals surface area contributed by atoms with E-state index in [4.69, 9.17) is 14.7 Å². The first-order valence-electron chi connectivity index (χ1n) is 15.2. The quantitative estimate of drug-likeness (QED) is 0.162. The smallest absolute Gasteiger partial charge is 0.135 e. The van der Waals surface area contributed by atoms with E-state index >= 15 is 0 Å². The summed E-state index contributed by atoms with van der Waals surface area (Å²) >= 11 is 0. The number of rotatable bonds is 5. The third kappa shape index (κ3) is 5.55. The predicted octanol–water partition coefficient (Wildman–Crippen LogP) is 9.03. The molecule has 0 saturated carbocycles. The van der Waals surface area contributed by atoms with Gasteiger partial charge in [0.15, 0.2) is 0 Å². The Bertz CT molecular complexity index is 2240. The Hall–Kier alpha value is -5.00.